The van der Waals surface area contributed by atoms with Gasteiger partial charge in [0.1, 0.15) is 0 Å². The molecule has 0 aliphatic carbocycles. The van der Waals surface area contributed by atoms with Crippen LogP contribution < -0.4 is 9.80 Å². The molecule has 0 aliphatic rings. The molecule has 0 spiro atoms. The van der Waals surface area contributed by atoms with Crippen LogP contribution in [0.1, 0.15) is 0 Å². The Morgan fingerprint density at radius 3 is 0.750 bits per heavy atom. The maximum atomic E-state index is 2.39. The molecular weight excluding hydrogens is 1210 g/mol. The fourth-order valence-electron chi connectivity index (χ4n) is 14.7. The predicted molar refractivity (Wildman–Crippen MR) is 423 cm³/mol. The van der Waals surface area contributed by atoms with Crippen molar-refractivity contribution in [2.75, 3.05) is 9.80 Å². The Balaban J connectivity index is 0.603. The first-order chi connectivity index (χ1) is 49.6. The van der Waals surface area contributed by atoms with Crippen LogP contribution >= 0.6 is 0 Å². The Hall–Kier alpha value is -13.3. The lowest BCUT2D eigenvalue weighted by molar-refractivity contribution is 1.18. The van der Waals surface area contributed by atoms with Crippen LogP contribution in [-0.4, -0.2) is 9.13 Å². The number of anilines is 6. The zero-order valence-corrected chi connectivity index (χ0v) is 54.9. The summed E-state index contributed by atoms with van der Waals surface area (Å²) in [6.45, 7) is 0. The number of nitrogens with zero attached hydrogens (tertiary/aromatic N) is 4. The minimum absolute atomic E-state index is 1.07. The van der Waals surface area contributed by atoms with Gasteiger partial charge in [-0.15, -0.1) is 0 Å². The molecule has 0 aliphatic heterocycles. The smallest absolute Gasteiger partial charge is 0.0541 e. The number of rotatable bonds is 15. The molecule has 0 bridgehead atoms. The van der Waals surface area contributed by atoms with Crippen molar-refractivity contribution < 1.29 is 0 Å². The summed E-state index contributed by atoms with van der Waals surface area (Å²) in [6, 6.07) is 146. The van der Waals surface area contributed by atoms with Crippen molar-refractivity contribution in [2.45, 2.75) is 0 Å². The Labute approximate surface area is 582 Å². The summed E-state index contributed by atoms with van der Waals surface area (Å²) in [5, 5.41) is 5.00. The Morgan fingerprint density at radius 2 is 0.370 bits per heavy atom. The average molecular weight is 1280 g/mol. The molecule has 4 nitrogen and oxygen atoms in total. The maximum Gasteiger partial charge on any atom is 0.0541 e. The van der Waals surface area contributed by atoms with Crippen LogP contribution in [0.3, 0.4) is 0 Å². The van der Waals surface area contributed by atoms with Gasteiger partial charge in [-0.1, -0.05) is 261 Å². The number of hydrogen-bond donors (Lipinski definition) is 0. The van der Waals surface area contributed by atoms with Crippen LogP contribution in [0.5, 0.6) is 0 Å². The molecule has 2 heterocycles. The van der Waals surface area contributed by atoms with E-state index in [0.717, 1.165) is 78.9 Å². The highest BCUT2D eigenvalue weighted by Crippen LogP contribution is 2.43. The fraction of sp³-hybridized carbons (Fsp3) is 0. The van der Waals surface area contributed by atoms with Gasteiger partial charge in [0, 0.05) is 67.0 Å². The second kappa shape index (κ2) is 25.7. The number of benzene rings is 16. The van der Waals surface area contributed by atoms with Crippen LogP contribution in [0.15, 0.2) is 400 Å². The molecule has 18 rings (SSSR count). The lowest BCUT2D eigenvalue weighted by Crippen LogP contribution is -2.09. The van der Waals surface area contributed by atoms with Gasteiger partial charge in [-0.05, 0) is 217 Å². The van der Waals surface area contributed by atoms with E-state index in [1.807, 2.05) is 0 Å². The largest absolute Gasteiger partial charge is 0.311 e. The lowest BCUT2D eigenvalue weighted by Gasteiger charge is -2.26. The molecule has 0 saturated carbocycles. The molecule has 18 aromatic rings. The second-order valence-corrected chi connectivity index (χ2v) is 25.7. The van der Waals surface area contributed by atoms with Crippen molar-refractivity contribution in [1.82, 2.24) is 9.13 Å². The number of para-hydroxylation sites is 4. The third-order valence-corrected chi connectivity index (χ3v) is 19.8. The first-order valence-corrected chi connectivity index (χ1v) is 34.3. The van der Waals surface area contributed by atoms with E-state index >= 15 is 0 Å². The van der Waals surface area contributed by atoms with Crippen LogP contribution in [-0.2, 0) is 0 Å². The van der Waals surface area contributed by atoms with E-state index in [4.69, 9.17) is 0 Å². The van der Waals surface area contributed by atoms with Crippen molar-refractivity contribution in [2.24, 2.45) is 0 Å². The molecule has 0 atom stereocenters. The molecule has 0 fully saturated rings. The first-order valence-electron chi connectivity index (χ1n) is 34.3. The van der Waals surface area contributed by atoms with Crippen LogP contribution in [0.2, 0.25) is 0 Å². The highest BCUT2D eigenvalue weighted by Gasteiger charge is 2.20. The molecule has 0 radical (unpaired) electrons. The van der Waals surface area contributed by atoms with Crippen molar-refractivity contribution >= 4 is 77.7 Å². The summed E-state index contributed by atoms with van der Waals surface area (Å²) < 4.78 is 4.76. The second-order valence-electron chi connectivity index (χ2n) is 25.7. The molecule has 470 valence electrons. The lowest BCUT2D eigenvalue weighted by atomic mass is 9.98. The molecule has 2 aromatic heterocycles. The average Bonchev–Trinajstić information content (AvgIpc) is 1.59. The highest BCUT2D eigenvalue weighted by molar-refractivity contribution is 6.12. The Morgan fingerprint density at radius 1 is 0.140 bits per heavy atom. The van der Waals surface area contributed by atoms with Gasteiger partial charge in [0.05, 0.1) is 22.1 Å². The minimum atomic E-state index is 1.07. The summed E-state index contributed by atoms with van der Waals surface area (Å²) in [5.74, 6) is 0. The first kappa shape index (κ1) is 59.2. The van der Waals surface area contributed by atoms with Gasteiger partial charge < -0.3 is 18.9 Å². The van der Waals surface area contributed by atoms with Crippen molar-refractivity contribution in [3.8, 4) is 89.3 Å². The molecule has 100 heavy (non-hydrogen) atoms. The van der Waals surface area contributed by atoms with E-state index in [1.165, 1.54) is 88.1 Å². The van der Waals surface area contributed by atoms with E-state index < -0.39 is 0 Å². The fourth-order valence-corrected chi connectivity index (χ4v) is 14.7. The van der Waals surface area contributed by atoms with Crippen molar-refractivity contribution in [3.05, 3.63) is 400 Å². The number of hydrogen-bond acceptors (Lipinski definition) is 2. The molecule has 0 unspecified atom stereocenters. The highest BCUT2D eigenvalue weighted by atomic mass is 15.1. The molecule has 0 amide bonds. The third kappa shape index (κ3) is 11.2. The van der Waals surface area contributed by atoms with Crippen LogP contribution in [0.25, 0.3) is 133 Å². The predicted octanol–water partition coefficient (Wildman–Crippen LogP) is 26.5. The number of fused-ring (bicyclic) bond motifs is 6. The molecule has 16 aromatic carbocycles. The van der Waals surface area contributed by atoms with E-state index in [2.05, 4.69) is 419 Å². The van der Waals surface area contributed by atoms with Gasteiger partial charge in [-0.2, -0.15) is 0 Å². The minimum Gasteiger partial charge on any atom is -0.311 e. The molecule has 4 heteroatoms. The van der Waals surface area contributed by atoms with E-state index in [9.17, 15) is 0 Å². The van der Waals surface area contributed by atoms with Gasteiger partial charge in [0.15, 0.2) is 0 Å². The summed E-state index contributed by atoms with van der Waals surface area (Å²) in [7, 11) is 0. The Kier molecular flexibility index (Phi) is 15.2. The summed E-state index contributed by atoms with van der Waals surface area (Å²) in [5.41, 5.74) is 30.0. The maximum absolute atomic E-state index is 2.39. The monoisotopic (exact) mass is 1270 g/mol. The van der Waals surface area contributed by atoms with Gasteiger partial charge in [-0.25, -0.2) is 0 Å². The normalized spacial score (nSPS) is 11.4. The Bertz CT molecular complexity index is 5870. The van der Waals surface area contributed by atoms with Crippen LogP contribution in [0, 0.1) is 0 Å². The quantitative estimate of drug-likeness (QED) is 0.102. The third-order valence-electron chi connectivity index (χ3n) is 19.8. The van der Waals surface area contributed by atoms with E-state index in [-0.39, 0.29) is 0 Å². The van der Waals surface area contributed by atoms with Gasteiger partial charge in [0.2, 0.25) is 0 Å². The summed E-state index contributed by atoms with van der Waals surface area (Å²) >= 11 is 0. The van der Waals surface area contributed by atoms with E-state index in [1.54, 1.807) is 0 Å². The van der Waals surface area contributed by atoms with Gasteiger partial charge in [-0.3, -0.25) is 0 Å². The zero-order valence-electron chi connectivity index (χ0n) is 54.9. The van der Waals surface area contributed by atoms with Crippen LogP contribution in [0.4, 0.5) is 34.1 Å². The topological polar surface area (TPSA) is 16.3 Å². The zero-order chi connectivity index (χ0) is 66.3. The molecule has 0 N–H and O–H groups in total. The van der Waals surface area contributed by atoms with Gasteiger partial charge in [0.25, 0.3) is 0 Å². The SMILES string of the molecule is c1ccc(-c2ccc(N(c3ccc(-c4ccc(-c5ccc6c(c5)c5cc(-c7ccccc7)ccc5n6-c5ccccc5)cc4)cc3)c3ccc(-c4cccc(-c5ccc(N(c6ccccc6)c6ccc(-c7ccc(-n8c9ccccc9c9ccccc98)cc7)cc6)cc5)c4)cc3)cc2)cc1. The standard InChI is InChI=1S/C96H66N4/c1-5-18-67(19-6-1)70-36-50-85(51-37-70)98(86-54-38-71(39-55-86)69-32-34-74(35-33-69)80-49-63-96-92(66-80)91-65-79(68-20-7-2-8-21-68)48-62-95(91)99(96)82-26-11-4-12-27-82)87-58-46-76(47-59-87)78-23-17-22-77(64-78)75-44-56-84(57-45-75)97(81-24-9-3-10-25-81)83-52-40-72(41-53-83)73-42-60-88(61-43-73)100-93-30-15-13-28-89(93)90-29-14-16-31-94(90)100/h1-66H. The number of aromatic nitrogens is 2. The molecule has 0 saturated heterocycles. The van der Waals surface area contributed by atoms with Gasteiger partial charge >= 0.3 is 0 Å². The summed E-state index contributed by atoms with van der Waals surface area (Å²) in [6.07, 6.45) is 0. The molecular formula is C96H66N4. The summed E-state index contributed by atoms with van der Waals surface area (Å²) in [4.78, 5) is 4.69. The van der Waals surface area contributed by atoms with Crippen molar-refractivity contribution in [3.63, 3.8) is 0 Å². The van der Waals surface area contributed by atoms with Crippen molar-refractivity contribution in [1.29, 1.82) is 0 Å². The van der Waals surface area contributed by atoms with E-state index in [0.29, 0.717) is 0 Å².